The zero-order chi connectivity index (χ0) is 22.4. The molecule has 0 radical (unpaired) electrons. The van der Waals surface area contributed by atoms with Gasteiger partial charge in [0.25, 0.3) is 0 Å². The SMILES string of the molecule is CCCCOc1ccc(C(=O)OCC(=O)c2ccc3c(c2)[C@@H](C)C(=O)N3)cc1OCC. The number of esters is 1. The summed E-state index contributed by atoms with van der Waals surface area (Å²) in [7, 11) is 0. The second-order valence-corrected chi connectivity index (χ2v) is 7.31. The van der Waals surface area contributed by atoms with Gasteiger partial charge in [-0.3, -0.25) is 9.59 Å². The molecule has 1 N–H and O–H groups in total. The predicted molar refractivity (Wildman–Crippen MR) is 116 cm³/mol. The number of amides is 1. The molecule has 2 aromatic rings. The Labute approximate surface area is 181 Å². The number of ketones is 1. The van der Waals surface area contributed by atoms with Crippen LogP contribution in [0.1, 0.15) is 65.8 Å². The minimum atomic E-state index is -0.624. The molecule has 7 nitrogen and oxygen atoms in total. The average molecular weight is 425 g/mol. The number of nitrogens with one attached hydrogen (secondary N) is 1. The van der Waals surface area contributed by atoms with Gasteiger partial charge in [0.05, 0.1) is 24.7 Å². The average Bonchev–Trinajstić information content (AvgIpc) is 3.06. The number of rotatable bonds is 10. The molecule has 1 amide bonds. The minimum absolute atomic E-state index is 0.0988. The van der Waals surface area contributed by atoms with E-state index in [9.17, 15) is 14.4 Å². The van der Waals surface area contributed by atoms with E-state index in [2.05, 4.69) is 12.2 Å². The maximum Gasteiger partial charge on any atom is 0.338 e. The van der Waals surface area contributed by atoms with Crippen molar-refractivity contribution in [2.45, 2.75) is 39.5 Å². The van der Waals surface area contributed by atoms with Crippen LogP contribution < -0.4 is 14.8 Å². The van der Waals surface area contributed by atoms with Crippen LogP contribution in [-0.4, -0.2) is 37.5 Å². The van der Waals surface area contributed by atoms with Gasteiger partial charge < -0.3 is 19.5 Å². The van der Waals surface area contributed by atoms with Crippen molar-refractivity contribution in [2.75, 3.05) is 25.1 Å². The van der Waals surface area contributed by atoms with Gasteiger partial charge in [0.15, 0.2) is 23.9 Å². The minimum Gasteiger partial charge on any atom is -0.490 e. The summed E-state index contributed by atoms with van der Waals surface area (Å²) >= 11 is 0. The monoisotopic (exact) mass is 425 g/mol. The molecular weight excluding hydrogens is 398 g/mol. The van der Waals surface area contributed by atoms with Gasteiger partial charge in [-0.1, -0.05) is 13.3 Å². The van der Waals surface area contributed by atoms with E-state index in [1.54, 1.807) is 43.3 Å². The summed E-state index contributed by atoms with van der Waals surface area (Å²) in [5, 5.41) is 2.76. The summed E-state index contributed by atoms with van der Waals surface area (Å²) < 4.78 is 16.5. The number of unbranched alkanes of at least 4 members (excludes halogenated alkanes) is 1. The lowest BCUT2D eigenvalue weighted by Gasteiger charge is -2.13. The highest BCUT2D eigenvalue weighted by molar-refractivity contribution is 6.05. The third kappa shape index (κ3) is 5.23. The molecule has 1 aliphatic heterocycles. The Bertz CT molecular complexity index is 984. The number of hydrogen-bond donors (Lipinski definition) is 1. The second-order valence-electron chi connectivity index (χ2n) is 7.31. The van der Waals surface area contributed by atoms with Crippen LogP contribution in [-0.2, 0) is 9.53 Å². The van der Waals surface area contributed by atoms with Crippen molar-refractivity contribution in [3.63, 3.8) is 0 Å². The normalized spacial score (nSPS) is 14.5. The van der Waals surface area contributed by atoms with Gasteiger partial charge in [0.2, 0.25) is 5.91 Å². The molecule has 0 unspecified atom stereocenters. The van der Waals surface area contributed by atoms with Crippen molar-refractivity contribution >= 4 is 23.3 Å². The number of benzene rings is 2. The van der Waals surface area contributed by atoms with Crippen LogP contribution in [0.3, 0.4) is 0 Å². The number of Topliss-reactive ketones (excluding diaryl/α,β-unsaturated/α-hetero) is 1. The third-order valence-corrected chi connectivity index (χ3v) is 5.06. The molecule has 0 aliphatic carbocycles. The van der Waals surface area contributed by atoms with Crippen molar-refractivity contribution < 1.29 is 28.6 Å². The van der Waals surface area contributed by atoms with Crippen LogP contribution in [0.15, 0.2) is 36.4 Å². The van der Waals surface area contributed by atoms with Crippen LogP contribution in [0.5, 0.6) is 11.5 Å². The lowest BCUT2D eigenvalue weighted by atomic mass is 9.99. The number of ether oxygens (including phenoxy) is 3. The van der Waals surface area contributed by atoms with Crippen molar-refractivity contribution in [3.8, 4) is 11.5 Å². The highest BCUT2D eigenvalue weighted by Gasteiger charge is 2.27. The van der Waals surface area contributed by atoms with Crippen LogP contribution in [0.4, 0.5) is 5.69 Å². The molecule has 1 atom stereocenters. The quantitative estimate of drug-likeness (QED) is 0.346. The largest absolute Gasteiger partial charge is 0.490 e. The van der Waals surface area contributed by atoms with Crippen LogP contribution in [0, 0.1) is 0 Å². The van der Waals surface area contributed by atoms with E-state index < -0.39 is 12.6 Å². The van der Waals surface area contributed by atoms with Gasteiger partial charge >= 0.3 is 5.97 Å². The summed E-state index contributed by atoms with van der Waals surface area (Å²) in [4.78, 5) is 36.7. The Hall–Kier alpha value is -3.35. The van der Waals surface area contributed by atoms with E-state index >= 15 is 0 Å². The molecule has 1 aliphatic rings. The number of anilines is 1. The molecule has 0 saturated heterocycles. The summed E-state index contributed by atoms with van der Waals surface area (Å²) in [6.07, 6.45) is 1.93. The molecule has 2 aromatic carbocycles. The van der Waals surface area contributed by atoms with E-state index in [1.165, 1.54) is 0 Å². The Morgan fingerprint density at radius 3 is 2.52 bits per heavy atom. The van der Waals surface area contributed by atoms with E-state index in [-0.39, 0.29) is 23.2 Å². The van der Waals surface area contributed by atoms with Gasteiger partial charge in [0.1, 0.15) is 0 Å². The van der Waals surface area contributed by atoms with Gasteiger partial charge in [-0.05, 0) is 62.2 Å². The fourth-order valence-corrected chi connectivity index (χ4v) is 3.24. The molecule has 0 saturated carbocycles. The molecule has 164 valence electrons. The summed E-state index contributed by atoms with van der Waals surface area (Å²) in [5.41, 5.74) is 2.14. The summed E-state index contributed by atoms with van der Waals surface area (Å²) in [6.45, 7) is 6.30. The Balaban J connectivity index is 1.64. The number of hydrogen-bond acceptors (Lipinski definition) is 6. The highest BCUT2D eigenvalue weighted by Crippen LogP contribution is 2.33. The standard InChI is InChI=1S/C24H27NO6/c1-4-6-11-30-21-10-8-17(13-22(21)29-5-2)24(28)31-14-20(26)16-7-9-19-18(12-16)15(3)23(27)25-19/h7-10,12-13,15H,4-6,11,14H2,1-3H3,(H,25,27)/t15-/m1/s1. The van der Waals surface area contributed by atoms with Crippen molar-refractivity contribution in [2.24, 2.45) is 0 Å². The van der Waals surface area contributed by atoms with E-state index in [0.29, 0.717) is 36.0 Å². The Kier molecular flexibility index (Phi) is 7.28. The first-order chi connectivity index (χ1) is 14.9. The Morgan fingerprint density at radius 1 is 1.00 bits per heavy atom. The predicted octanol–water partition coefficient (Wildman–Crippen LogP) is 4.36. The first kappa shape index (κ1) is 22.3. The number of carbonyl (C=O) groups is 3. The molecule has 7 heteroatoms. The van der Waals surface area contributed by atoms with E-state index in [0.717, 1.165) is 18.4 Å². The first-order valence-electron chi connectivity index (χ1n) is 10.5. The van der Waals surface area contributed by atoms with E-state index in [1.807, 2.05) is 6.92 Å². The number of carbonyl (C=O) groups excluding carboxylic acids is 3. The van der Waals surface area contributed by atoms with Gasteiger partial charge in [-0.15, -0.1) is 0 Å². The van der Waals surface area contributed by atoms with Crippen LogP contribution in [0.25, 0.3) is 0 Å². The maximum absolute atomic E-state index is 12.5. The fourth-order valence-electron chi connectivity index (χ4n) is 3.24. The number of fused-ring (bicyclic) bond motifs is 1. The molecule has 0 fully saturated rings. The lowest BCUT2D eigenvalue weighted by Crippen LogP contribution is -2.15. The smallest absolute Gasteiger partial charge is 0.338 e. The molecule has 1 heterocycles. The molecule has 3 rings (SSSR count). The van der Waals surface area contributed by atoms with E-state index in [4.69, 9.17) is 14.2 Å². The molecule has 31 heavy (non-hydrogen) atoms. The second kappa shape index (κ2) is 10.1. The Morgan fingerprint density at radius 2 is 1.77 bits per heavy atom. The molecular formula is C24H27NO6. The molecule has 0 aromatic heterocycles. The zero-order valence-electron chi connectivity index (χ0n) is 18.0. The third-order valence-electron chi connectivity index (χ3n) is 5.06. The van der Waals surface area contributed by atoms with Crippen molar-refractivity contribution in [1.82, 2.24) is 0 Å². The van der Waals surface area contributed by atoms with Crippen LogP contribution >= 0.6 is 0 Å². The summed E-state index contributed by atoms with van der Waals surface area (Å²) in [6, 6.07) is 9.80. The van der Waals surface area contributed by atoms with Crippen molar-refractivity contribution in [3.05, 3.63) is 53.1 Å². The zero-order valence-corrected chi connectivity index (χ0v) is 18.0. The highest BCUT2D eigenvalue weighted by atomic mass is 16.5. The van der Waals surface area contributed by atoms with Crippen molar-refractivity contribution in [1.29, 1.82) is 0 Å². The van der Waals surface area contributed by atoms with Gasteiger partial charge in [0, 0.05) is 11.3 Å². The van der Waals surface area contributed by atoms with Crippen LogP contribution in [0.2, 0.25) is 0 Å². The topological polar surface area (TPSA) is 90.9 Å². The lowest BCUT2D eigenvalue weighted by molar-refractivity contribution is -0.116. The van der Waals surface area contributed by atoms with Gasteiger partial charge in [-0.25, -0.2) is 4.79 Å². The van der Waals surface area contributed by atoms with Gasteiger partial charge in [-0.2, -0.15) is 0 Å². The molecule has 0 bridgehead atoms. The first-order valence-corrected chi connectivity index (χ1v) is 10.5. The summed E-state index contributed by atoms with van der Waals surface area (Å²) in [5.74, 6) is -0.353. The fraction of sp³-hybridized carbons (Fsp3) is 0.375. The molecule has 0 spiro atoms. The maximum atomic E-state index is 12.5.